The molecule has 0 aliphatic heterocycles. The van der Waals surface area contributed by atoms with E-state index in [0.717, 1.165) is 17.5 Å². The van der Waals surface area contributed by atoms with E-state index >= 15 is 0 Å². The highest BCUT2D eigenvalue weighted by Gasteiger charge is 2.33. The molecular formula is C20H13ClF3N5O. The minimum Gasteiger partial charge on any atom is -0.435 e. The SMILES string of the molecule is Nc1c(Nc2ccc(Cl)c(C(F)(F)F)c2)ncnc1Oc1cccc2cccnc12. The van der Waals surface area contributed by atoms with Gasteiger partial charge >= 0.3 is 6.18 Å². The van der Waals surface area contributed by atoms with Crippen LogP contribution in [0.2, 0.25) is 5.02 Å². The van der Waals surface area contributed by atoms with E-state index in [1.165, 1.54) is 12.4 Å². The van der Waals surface area contributed by atoms with Gasteiger partial charge in [-0.15, -0.1) is 0 Å². The Balaban J connectivity index is 1.66. The Labute approximate surface area is 173 Å². The lowest BCUT2D eigenvalue weighted by Crippen LogP contribution is -2.07. The number of anilines is 3. The second kappa shape index (κ2) is 7.68. The number of pyridine rings is 1. The van der Waals surface area contributed by atoms with Crippen LogP contribution in [0.1, 0.15) is 5.56 Å². The number of rotatable bonds is 4. The molecule has 0 spiro atoms. The summed E-state index contributed by atoms with van der Waals surface area (Å²) < 4.78 is 45.1. The molecule has 0 aliphatic rings. The number of nitrogens with two attached hydrogens (primary N) is 1. The van der Waals surface area contributed by atoms with Crippen molar-refractivity contribution in [1.82, 2.24) is 15.0 Å². The van der Waals surface area contributed by atoms with Gasteiger partial charge in [-0.25, -0.2) is 4.98 Å². The van der Waals surface area contributed by atoms with Crippen LogP contribution in [0.15, 0.2) is 61.1 Å². The molecule has 4 aromatic rings. The summed E-state index contributed by atoms with van der Waals surface area (Å²) in [5.74, 6) is 0.551. The first kappa shape index (κ1) is 19.7. The first-order chi connectivity index (χ1) is 14.3. The summed E-state index contributed by atoms with van der Waals surface area (Å²) in [7, 11) is 0. The average molecular weight is 432 g/mol. The molecule has 0 bridgehead atoms. The van der Waals surface area contributed by atoms with Gasteiger partial charge in [-0.05, 0) is 30.3 Å². The third-order valence-electron chi connectivity index (χ3n) is 4.18. The number of nitrogens with one attached hydrogen (secondary N) is 1. The number of alkyl halides is 3. The van der Waals surface area contributed by atoms with Gasteiger partial charge in [-0.3, -0.25) is 4.98 Å². The van der Waals surface area contributed by atoms with Gasteiger partial charge in [0, 0.05) is 17.3 Å². The maximum absolute atomic E-state index is 13.1. The summed E-state index contributed by atoms with van der Waals surface area (Å²) in [6, 6.07) is 12.5. The van der Waals surface area contributed by atoms with Crippen LogP contribution >= 0.6 is 11.6 Å². The van der Waals surface area contributed by atoms with Gasteiger partial charge < -0.3 is 15.8 Å². The Bertz CT molecular complexity index is 1230. The van der Waals surface area contributed by atoms with E-state index in [4.69, 9.17) is 22.1 Å². The fraction of sp³-hybridized carbons (Fsp3) is 0.0500. The Morgan fingerprint density at radius 2 is 1.80 bits per heavy atom. The number of ether oxygens (including phenoxy) is 1. The minimum atomic E-state index is -4.60. The second-order valence-electron chi connectivity index (χ2n) is 6.19. The van der Waals surface area contributed by atoms with Crippen molar-refractivity contribution in [3.8, 4) is 11.6 Å². The fourth-order valence-corrected chi connectivity index (χ4v) is 3.00. The average Bonchev–Trinajstić information content (AvgIpc) is 2.72. The molecule has 3 N–H and O–H groups in total. The highest BCUT2D eigenvalue weighted by Crippen LogP contribution is 2.38. The first-order valence-electron chi connectivity index (χ1n) is 8.59. The van der Waals surface area contributed by atoms with E-state index in [9.17, 15) is 13.2 Å². The van der Waals surface area contributed by atoms with E-state index in [1.54, 1.807) is 24.4 Å². The van der Waals surface area contributed by atoms with Crippen LogP contribution in [0.25, 0.3) is 10.9 Å². The number of hydrogen-bond donors (Lipinski definition) is 2. The zero-order valence-electron chi connectivity index (χ0n) is 15.1. The summed E-state index contributed by atoms with van der Waals surface area (Å²) in [5, 5.41) is 3.20. The molecule has 2 aromatic heterocycles. The maximum Gasteiger partial charge on any atom is 0.417 e. The third-order valence-corrected chi connectivity index (χ3v) is 4.51. The van der Waals surface area contributed by atoms with Crippen molar-refractivity contribution in [2.75, 3.05) is 11.1 Å². The topological polar surface area (TPSA) is 86.0 Å². The van der Waals surface area contributed by atoms with Crippen molar-refractivity contribution >= 4 is 39.7 Å². The normalized spacial score (nSPS) is 11.5. The Hall–Kier alpha value is -3.59. The molecule has 0 radical (unpaired) electrons. The molecule has 0 atom stereocenters. The minimum absolute atomic E-state index is 0.0222. The smallest absolute Gasteiger partial charge is 0.417 e. The van der Waals surface area contributed by atoms with Crippen molar-refractivity contribution in [3.63, 3.8) is 0 Å². The van der Waals surface area contributed by atoms with Crippen molar-refractivity contribution in [2.45, 2.75) is 6.18 Å². The van der Waals surface area contributed by atoms with Crippen LogP contribution in [0.4, 0.5) is 30.4 Å². The highest BCUT2D eigenvalue weighted by molar-refractivity contribution is 6.31. The lowest BCUT2D eigenvalue weighted by Gasteiger charge is -2.14. The molecule has 152 valence electrons. The molecular weight excluding hydrogens is 419 g/mol. The molecule has 2 heterocycles. The van der Waals surface area contributed by atoms with Crippen LogP contribution in [0.5, 0.6) is 11.6 Å². The number of halogens is 4. The summed E-state index contributed by atoms with van der Waals surface area (Å²) in [6.45, 7) is 0. The monoisotopic (exact) mass is 431 g/mol. The number of aromatic nitrogens is 3. The van der Waals surface area contributed by atoms with Crippen LogP contribution in [-0.4, -0.2) is 15.0 Å². The largest absolute Gasteiger partial charge is 0.435 e. The highest BCUT2D eigenvalue weighted by atomic mass is 35.5. The molecule has 0 amide bonds. The number of nitrogen functional groups attached to an aromatic ring is 1. The quantitative estimate of drug-likeness (QED) is 0.423. The molecule has 0 saturated carbocycles. The number of benzene rings is 2. The van der Waals surface area contributed by atoms with E-state index in [1.807, 2.05) is 12.1 Å². The maximum atomic E-state index is 13.1. The molecule has 0 unspecified atom stereocenters. The summed E-state index contributed by atoms with van der Waals surface area (Å²) >= 11 is 5.65. The number of nitrogens with zero attached hydrogens (tertiary/aromatic N) is 3. The van der Waals surface area contributed by atoms with Crippen molar-refractivity contribution in [3.05, 3.63) is 71.6 Å². The molecule has 10 heteroatoms. The van der Waals surface area contributed by atoms with E-state index in [0.29, 0.717) is 11.3 Å². The standard InChI is InChI=1S/C20H13ClF3N5O/c21-14-7-6-12(9-13(14)20(22,23)24)29-18-16(25)19(28-10-27-18)30-15-5-1-3-11-4-2-8-26-17(11)15/h1-10H,25H2,(H,27,28,29). The van der Waals surface area contributed by atoms with Gasteiger partial charge in [-0.2, -0.15) is 18.2 Å². The predicted octanol–water partition coefficient (Wildman–Crippen LogP) is 5.82. The summed E-state index contributed by atoms with van der Waals surface area (Å²) in [4.78, 5) is 12.3. The van der Waals surface area contributed by atoms with Crippen LogP contribution < -0.4 is 15.8 Å². The Kier molecular flexibility index (Phi) is 5.04. The summed E-state index contributed by atoms with van der Waals surface area (Å²) in [5.41, 5.74) is 5.86. The first-order valence-corrected chi connectivity index (χ1v) is 8.96. The van der Waals surface area contributed by atoms with E-state index in [2.05, 4.69) is 20.3 Å². The zero-order chi connectivity index (χ0) is 21.3. The van der Waals surface area contributed by atoms with Crippen molar-refractivity contribution in [1.29, 1.82) is 0 Å². The summed E-state index contributed by atoms with van der Waals surface area (Å²) in [6.07, 6.45) is -1.78. The van der Waals surface area contributed by atoms with Crippen molar-refractivity contribution in [2.24, 2.45) is 0 Å². The van der Waals surface area contributed by atoms with Crippen LogP contribution in [0, 0.1) is 0 Å². The molecule has 0 aliphatic carbocycles. The van der Waals surface area contributed by atoms with Gasteiger partial charge in [0.2, 0.25) is 5.88 Å². The van der Waals surface area contributed by atoms with E-state index < -0.39 is 16.8 Å². The predicted molar refractivity (Wildman–Crippen MR) is 108 cm³/mol. The number of para-hydroxylation sites is 1. The van der Waals surface area contributed by atoms with Crippen molar-refractivity contribution < 1.29 is 17.9 Å². The second-order valence-corrected chi connectivity index (χ2v) is 6.60. The third kappa shape index (κ3) is 3.92. The van der Waals surface area contributed by atoms with Gasteiger partial charge in [-0.1, -0.05) is 29.8 Å². The van der Waals surface area contributed by atoms with Crippen LogP contribution in [0.3, 0.4) is 0 Å². The fourth-order valence-electron chi connectivity index (χ4n) is 2.78. The zero-order valence-corrected chi connectivity index (χ0v) is 15.9. The molecule has 0 saturated heterocycles. The number of hydrogen-bond acceptors (Lipinski definition) is 6. The van der Waals surface area contributed by atoms with Gasteiger partial charge in [0.05, 0.1) is 10.6 Å². The molecule has 0 fully saturated rings. The van der Waals surface area contributed by atoms with E-state index in [-0.39, 0.29) is 23.1 Å². The van der Waals surface area contributed by atoms with Gasteiger partial charge in [0.25, 0.3) is 0 Å². The van der Waals surface area contributed by atoms with Crippen LogP contribution in [-0.2, 0) is 6.18 Å². The molecule has 4 rings (SSSR count). The van der Waals surface area contributed by atoms with Gasteiger partial charge in [0.15, 0.2) is 11.6 Å². The molecule has 30 heavy (non-hydrogen) atoms. The molecule has 2 aromatic carbocycles. The lowest BCUT2D eigenvalue weighted by atomic mass is 10.2. The van der Waals surface area contributed by atoms with Gasteiger partial charge in [0.1, 0.15) is 17.5 Å². The lowest BCUT2D eigenvalue weighted by molar-refractivity contribution is -0.137. The Morgan fingerprint density at radius 3 is 2.60 bits per heavy atom. The Morgan fingerprint density at radius 1 is 1.00 bits per heavy atom. The molecule has 6 nitrogen and oxygen atoms in total. The number of fused-ring (bicyclic) bond motifs is 1.